The molecule has 0 aliphatic carbocycles. The van der Waals surface area contributed by atoms with E-state index in [9.17, 15) is 4.79 Å². The Morgan fingerprint density at radius 1 is 1.44 bits per heavy atom. The highest BCUT2D eigenvalue weighted by atomic mass is 16.5. The molecule has 0 aromatic heterocycles. The molecule has 5 nitrogen and oxygen atoms in total. The van der Waals surface area contributed by atoms with E-state index in [1.807, 2.05) is 31.2 Å². The molecular weight excluding hydrogens is 232 g/mol. The van der Waals surface area contributed by atoms with Gasteiger partial charge in [0.2, 0.25) is 5.91 Å². The van der Waals surface area contributed by atoms with Gasteiger partial charge in [0.25, 0.3) is 0 Å². The third kappa shape index (κ3) is 4.97. The monoisotopic (exact) mass is 250 g/mol. The maximum atomic E-state index is 11.3. The molecule has 1 aromatic carbocycles. The first kappa shape index (κ1) is 14.2. The minimum absolute atomic E-state index is 0.172. The molecule has 1 amide bonds. The van der Waals surface area contributed by atoms with Crippen molar-refractivity contribution in [3.8, 4) is 5.75 Å². The van der Waals surface area contributed by atoms with Crippen LogP contribution in [-0.2, 0) is 9.53 Å². The molecule has 0 unspecified atom stereocenters. The Balaban J connectivity index is 2.42. The van der Waals surface area contributed by atoms with Crippen molar-refractivity contribution < 1.29 is 14.3 Å². The first-order valence-corrected chi connectivity index (χ1v) is 5.80. The van der Waals surface area contributed by atoms with Crippen LogP contribution >= 0.6 is 0 Å². The van der Waals surface area contributed by atoms with Gasteiger partial charge in [-0.05, 0) is 19.1 Å². The molecule has 1 rings (SSSR count). The van der Waals surface area contributed by atoms with Gasteiger partial charge in [0.05, 0.1) is 26.4 Å². The predicted molar refractivity (Wildman–Crippen MR) is 69.8 cm³/mol. The smallest absolute Gasteiger partial charge is 0.242 e. The number of carbonyl (C=O) groups excluding carboxylic acids is 1. The summed E-state index contributed by atoms with van der Waals surface area (Å²) >= 11 is 0. The van der Waals surface area contributed by atoms with Crippen molar-refractivity contribution in [2.75, 3.05) is 20.3 Å². The fourth-order valence-electron chi connectivity index (χ4n) is 1.31. The summed E-state index contributed by atoms with van der Waals surface area (Å²) in [6, 6.07) is 7.44. The van der Waals surface area contributed by atoms with Crippen molar-refractivity contribution in [1.82, 2.24) is 5.43 Å². The van der Waals surface area contributed by atoms with Crippen LogP contribution in [0.5, 0.6) is 5.75 Å². The van der Waals surface area contributed by atoms with E-state index >= 15 is 0 Å². The lowest BCUT2D eigenvalue weighted by Crippen LogP contribution is -2.19. The fraction of sp³-hybridized carbons (Fsp3) is 0.385. The number of hydrazone groups is 1. The van der Waals surface area contributed by atoms with E-state index in [-0.39, 0.29) is 5.91 Å². The maximum absolute atomic E-state index is 11.3. The number of rotatable bonds is 7. The lowest BCUT2D eigenvalue weighted by atomic mass is 10.2. The summed E-state index contributed by atoms with van der Waals surface area (Å²) in [7, 11) is 1.59. The number of hydrogen-bond acceptors (Lipinski definition) is 4. The van der Waals surface area contributed by atoms with E-state index in [1.165, 1.54) is 0 Å². The summed E-state index contributed by atoms with van der Waals surface area (Å²) in [4.78, 5) is 11.3. The molecular formula is C13H18N2O3. The summed E-state index contributed by atoms with van der Waals surface area (Å²) < 4.78 is 10.2. The third-order valence-electron chi connectivity index (χ3n) is 2.21. The van der Waals surface area contributed by atoms with Crippen molar-refractivity contribution in [2.45, 2.75) is 13.3 Å². The second-order valence-electron chi connectivity index (χ2n) is 3.48. The Hall–Kier alpha value is -1.88. The number of carbonyl (C=O) groups is 1. The normalized spacial score (nSPS) is 10.6. The molecule has 0 saturated carbocycles. The van der Waals surface area contributed by atoms with E-state index in [4.69, 9.17) is 9.47 Å². The fourth-order valence-corrected chi connectivity index (χ4v) is 1.31. The minimum atomic E-state index is -0.172. The van der Waals surface area contributed by atoms with Crippen molar-refractivity contribution in [2.24, 2.45) is 5.10 Å². The number of benzene rings is 1. The summed E-state index contributed by atoms with van der Waals surface area (Å²) in [5, 5.41) is 3.87. The van der Waals surface area contributed by atoms with Crippen LogP contribution in [-0.4, -0.2) is 32.4 Å². The Morgan fingerprint density at radius 3 is 2.94 bits per heavy atom. The van der Waals surface area contributed by atoms with Gasteiger partial charge in [-0.3, -0.25) is 4.79 Å². The number of ether oxygens (including phenoxy) is 2. The van der Waals surface area contributed by atoms with Crippen molar-refractivity contribution >= 4 is 12.1 Å². The number of nitrogens with one attached hydrogen (secondary N) is 1. The quantitative estimate of drug-likeness (QED) is 0.454. The molecule has 0 bridgehead atoms. The van der Waals surface area contributed by atoms with Gasteiger partial charge < -0.3 is 9.47 Å². The number of hydrogen-bond donors (Lipinski definition) is 1. The molecule has 1 N–H and O–H groups in total. The SMILES string of the molecule is CCOCCC(=O)N/N=C/c1ccccc1OC. The van der Waals surface area contributed by atoms with Gasteiger partial charge >= 0.3 is 0 Å². The molecule has 18 heavy (non-hydrogen) atoms. The van der Waals surface area contributed by atoms with Crippen LogP contribution in [0.1, 0.15) is 18.9 Å². The van der Waals surface area contributed by atoms with Crippen molar-refractivity contribution in [3.63, 3.8) is 0 Å². The van der Waals surface area contributed by atoms with Crippen LogP contribution in [0.15, 0.2) is 29.4 Å². The average molecular weight is 250 g/mol. The summed E-state index contributed by atoms with van der Waals surface area (Å²) in [5.41, 5.74) is 3.25. The lowest BCUT2D eigenvalue weighted by molar-refractivity contribution is -0.122. The van der Waals surface area contributed by atoms with Crippen LogP contribution in [0, 0.1) is 0 Å². The van der Waals surface area contributed by atoms with Crippen LogP contribution < -0.4 is 10.2 Å². The second-order valence-corrected chi connectivity index (χ2v) is 3.48. The van der Waals surface area contributed by atoms with E-state index in [2.05, 4.69) is 10.5 Å². The molecule has 0 aliphatic heterocycles. The van der Waals surface area contributed by atoms with Gasteiger partial charge in [0.15, 0.2) is 0 Å². The zero-order chi connectivity index (χ0) is 13.2. The van der Waals surface area contributed by atoms with Crippen LogP contribution in [0.3, 0.4) is 0 Å². The first-order valence-electron chi connectivity index (χ1n) is 5.80. The summed E-state index contributed by atoms with van der Waals surface area (Å²) in [6.45, 7) is 2.90. The number of para-hydroxylation sites is 1. The molecule has 0 saturated heterocycles. The topological polar surface area (TPSA) is 59.9 Å². The van der Waals surface area contributed by atoms with E-state index in [0.29, 0.717) is 25.4 Å². The Morgan fingerprint density at radius 2 is 2.22 bits per heavy atom. The van der Waals surface area contributed by atoms with Crippen LogP contribution in [0.4, 0.5) is 0 Å². The van der Waals surface area contributed by atoms with E-state index in [1.54, 1.807) is 13.3 Å². The lowest BCUT2D eigenvalue weighted by Gasteiger charge is -2.03. The molecule has 0 atom stereocenters. The van der Waals surface area contributed by atoms with Gasteiger partial charge in [0, 0.05) is 12.2 Å². The largest absolute Gasteiger partial charge is 0.496 e. The third-order valence-corrected chi connectivity index (χ3v) is 2.21. The number of methoxy groups -OCH3 is 1. The summed E-state index contributed by atoms with van der Waals surface area (Å²) in [5.74, 6) is 0.541. The van der Waals surface area contributed by atoms with Gasteiger partial charge in [0.1, 0.15) is 5.75 Å². The minimum Gasteiger partial charge on any atom is -0.496 e. The number of nitrogens with zero attached hydrogens (tertiary/aromatic N) is 1. The van der Waals surface area contributed by atoms with Crippen molar-refractivity contribution in [1.29, 1.82) is 0 Å². The average Bonchev–Trinajstić information content (AvgIpc) is 2.39. The number of amides is 1. The molecule has 0 heterocycles. The first-order chi connectivity index (χ1) is 8.77. The Bertz CT molecular complexity index is 405. The zero-order valence-electron chi connectivity index (χ0n) is 10.7. The maximum Gasteiger partial charge on any atom is 0.242 e. The van der Waals surface area contributed by atoms with Gasteiger partial charge in [-0.25, -0.2) is 5.43 Å². The second kappa shape index (κ2) is 8.25. The van der Waals surface area contributed by atoms with E-state index in [0.717, 1.165) is 5.56 Å². The van der Waals surface area contributed by atoms with Gasteiger partial charge in [-0.15, -0.1) is 0 Å². The standard InChI is InChI=1S/C13H18N2O3/c1-3-18-9-8-13(16)15-14-10-11-6-4-5-7-12(11)17-2/h4-7,10H,3,8-9H2,1-2H3,(H,15,16)/b14-10+. The highest BCUT2D eigenvalue weighted by molar-refractivity contribution is 5.85. The molecule has 0 radical (unpaired) electrons. The highest BCUT2D eigenvalue weighted by Crippen LogP contribution is 2.14. The molecule has 0 spiro atoms. The predicted octanol–water partition coefficient (Wildman–Crippen LogP) is 1.57. The molecule has 98 valence electrons. The van der Waals surface area contributed by atoms with Gasteiger partial charge in [-0.1, -0.05) is 12.1 Å². The van der Waals surface area contributed by atoms with Crippen molar-refractivity contribution in [3.05, 3.63) is 29.8 Å². The zero-order valence-corrected chi connectivity index (χ0v) is 10.7. The van der Waals surface area contributed by atoms with Crippen LogP contribution in [0.2, 0.25) is 0 Å². The Kier molecular flexibility index (Phi) is 6.50. The Labute approximate surface area is 107 Å². The molecule has 0 aliphatic rings. The molecule has 0 fully saturated rings. The summed E-state index contributed by atoms with van der Waals surface area (Å²) in [6.07, 6.45) is 1.86. The van der Waals surface area contributed by atoms with E-state index < -0.39 is 0 Å². The highest BCUT2D eigenvalue weighted by Gasteiger charge is 2.00. The van der Waals surface area contributed by atoms with Crippen LogP contribution in [0.25, 0.3) is 0 Å². The van der Waals surface area contributed by atoms with Gasteiger partial charge in [-0.2, -0.15) is 5.10 Å². The molecule has 1 aromatic rings. The molecule has 5 heteroatoms.